The summed E-state index contributed by atoms with van der Waals surface area (Å²) >= 11 is 0. The van der Waals surface area contributed by atoms with E-state index >= 15 is 0 Å². The lowest BCUT2D eigenvalue weighted by molar-refractivity contribution is -0.146. The molecular weight excluding hydrogens is 158 g/mol. The molecule has 1 unspecified atom stereocenters. The zero-order valence-corrected chi connectivity index (χ0v) is 7.12. The first-order valence-electron chi connectivity index (χ1n) is 3.93. The number of aliphatic hydroxyl groups is 1. The van der Waals surface area contributed by atoms with Gasteiger partial charge in [-0.1, -0.05) is 0 Å². The quantitative estimate of drug-likeness (QED) is 0.610. The first-order valence-corrected chi connectivity index (χ1v) is 3.93. The molecule has 4 nitrogen and oxygen atoms in total. The van der Waals surface area contributed by atoms with E-state index in [1.54, 1.807) is 6.92 Å². The summed E-state index contributed by atoms with van der Waals surface area (Å²) in [5, 5.41) is 17.0. The van der Waals surface area contributed by atoms with E-state index in [0.717, 1.165) is 0 Å². The van der Waals surface area contributed by atoms with Crippen molar-refractivity contribution in [1.29, 1.82) is 5.26 Å². The third kappa shape index (κ3) is 3.94. The van der Waals surface area contributed by atoms with Crippen LogP contribution in [0.2, 0.25) is 0 Å². The maximum atomic E-state index is 11.0. The van der Waals surface area contributed by atoms with Gasteiger partial charge in [-0.25, -0.2) is 0 Å². The van der Waals surface area contributed by atoms with Crippen molar-refractivity contribution in [2.75, 3.05) is 13.2 Å². The van der Waals surface area contributed by atoms with Gasteiger partial charge in [0.15, 0.2) is 0 Å². The molecule has 0 aromatic carbocycles. The molecule has 0 fully saturated rings. The number of hydrogen-bond acceptors (Lipinski definition) is 4. The summed E-state index contributed by atoms with van der Waals surface area (Å²) < 4.78 is 4.65. The number of nitrogens with zero attached hydrogens (tertiary/aromatic N) is 1. The maximum absolute atomic E-state index is 11.0. The van der Waals surface area contributed by atoms with Gasteiger partial charge >= 0.3 is 5.97 Å². The van der Waals surface area contributed by atoms with Gasteiger partial charge in [0.25, 0.3) is 0 Å². The molecule has 68 valence electrons. The van der Waals surface area contributed by atoms with Gasteiger partial charge in [0.1, 0.15) is 5.92 Å². The summed E-state index contributed by atoms with van der Waals surface area (Å²) in [6.45, 7) is 1.98. The van der Waals surface area contributed by atoms with Crippen molar-refractivity contribution in [3.8, 4) is 6.07 Å². The highest BCUT2D eigenvalue weighted by molar-refractivity contribution is 5.75. The van der Waals surface area contributed by atoms with E-state index in [4.69, 9.17) is 10.4 Å². The Morgan fingerprint density at radius 2 is 2.42 bits per heavy atom. The van der Waals surface area contributed by atoms with Gasteiger partial charge < -0.3 is 9.84 Å². The molecule has 0 radical (unpaired) electrons. The van der Waals surface area contributed by atoms with Crippen LogP contribution in [0.1, 0.15) is 19.8 Å². The minimum atomic E-state index is -0.725. The Kier molecular flexibility index (Phi) is 6.02. The molecule has 4 heteroatoms. The Morgan fingerprint density at radius 1 is 1.75 bits per heavy atom. The maximum Gasteiger partial charge on any atom is 0.323 e. The molecule has 0 aromatic heterocycles. The van der Waals surface area contributed by atoms with Crippen molar-refractivity contribution >= 4 is 5.97 Å². The number of carbonyl (C=O) groups excluding carboxylic acids is 1. The van der Waals surface area contributed by atoms with Gasteiger partial charge in [-0.05, 0) is 19.8 Å². The molecule has 0 aliphatic heterocycles. The Hall–Kier alpha value is -1.08. The second kappa shape index (κ2) is 6.62. The van der Waals surface area contributed by atoms with E-state index in [2.05, 4.69) is 4.74 Å². The smallest absolute Gasteiger partial charge is 0.323 e. The molecule has 0 aromatic rings. The van der Waals surface area contributed by atoms with Crippen LogP contribution in [0.5, 0.6) is 0 Å². The van der Waals surface area contributed by atoms with Gasteiger partial charge in [0.05, 0.1) is 12.7 Å². The van der Waals surface area contributed by atoms with E-state index in [1.165, 1.54) is 0 Å². The zero-order valence-electron chi connectivity index (χ0n) is 7.12. The number of rotatable bonds is 5. The molecule has 0 saturated heterocycles. The molecule has 0 rings (SSSR count). The molecule has 12 heavy (non-hydrogen) atoms. The number of hydrogen-bond donors (Lipinski definition) is 1. The van der Waals surface area contributed by atoms with Crippen LogP contribution in [0.4, 0.5) is 0 Å². The third-order valence-corrected chi connectivity index (χ3v) is 1.38. The van der Waals surface area contributed by atoms with Crippen molar-refractivity contribution in [2.45, 2.75) is 19.8 Å². The number of nitriles is 1. The molecule has 0 spiro atoms. The van der Waals surface area contributed by atoms with Crippen molar-refractivity contribution < 1.29 is 14.6 Å². The predicted molar refractivity (Wildman–Crippen MR) is 42.1 cm³/mol. The first kappa shape index (κ1) is 10.9. The molecule has 1 N–H and O–H groups in total. The van der Waals surface area contributed by atoms with Crippen LogP contribution < -0.4 is 0 Å². The Bertz CT molecular complexity index is 174. The number of carbonyl (C=O) groups is 1. The molecule has 0 aliphatic rings. The lowest BCUT2D eigenvalue weighted by Crippen LogP contribution is -2.16. The fourth-order valence-corrected chi connectivity index (χ4v) is 0.773. The van der Waals surface area contributed by atoms with Crippen LogP contribution in [0.15, 0.2) is 0 Å². The molecule has 0 amide bonds. The zero-order chi connectivity index (χ0) is 9.40. The molecule has 0 aliphatic carbocycles. The van der Waals surface area contributed by atoms with Crippen molar-refractivity contribution in [2.24, 2.45) is 5.92 Å². The average Bonchev–Trinajstić information content (AvgIpc) is 2.06. The van der Waals surface area contributed by atoms with E-state index in [1.807, 2.05) is 6.07 Å². The average molecular weight is 171 g/mol. The highest BCUT2D eigenvalue weighted by atomic mass is 16.5. The van der Waals surface area contributed by atoms with E-state index in [9.17, 15) is 4.79 Å². The standard InChI is InChI=1S/C8H13NO3/c1-2-12-8(11)7(6-9)4-3-5-10/h7,10H,2-5H2,1H3. The van der Waals surface area contributed by atoms with E-state index < -0.39 is 11.9 Å². The summed E-state index contributed by atoms with van der Waals surface area (Å²) in [6.07, 6.45) is 0.822. The topological polar surface area (TPSA) is 70.3 Å². The monoisotopic (exact) mass is 171 g/mol. The van der Waals surface area contributed by atoms with Crippen LogP contribution in [0.25, 0.3) is 0 Å². The van der Waals surface area contributed by atoms with Crippen molar-refractivity contribution in [1.82, 2.24) is 0 Å². The first-order chi connectivity index (χ1) is 5.76. The third-order valence-electron chi connectivity index (χ3n) is 1.38. The second-order valence-corrected chi connectivity index (χ2v) is 2.30. The Morgan fingerprint density at radius 3 is 2.83 bits per heavy atom. The lowest BCUT2D eigenvalue weighted by Gasteiger charge is -2.06. The van der Waals surface area contributed by atoms with Crippen LogP contribution in [-0.4, -0.2) is 24.3 Å². The summed E-state index contributed by atoms with van der Waals surface area (Å²) in [6, 6.07) is 1.84. The lowest BCUT2D eigenvalue weighted by atomic mass is 10.1. The fourth-order valence-electron chi connectivity index (χ4n) is 0.773. The molecule has 0 heterocycles. The van der Waals surface area contributed by atoms with Gasteiger partial charge in [-0.3, -0.25) is 4.79 Å². The fraction of sp³-hybridized carbons (Fsp3) is 0.750. The number of aliphatic hydroxyl groups excluding tert-OH is 1. The van der Waals surface area contributed by atoms with E-state index in [0.29, 0.717) is 12.8 Å². The van der Waals surface area contributed by atoms with Crippen molar-refractivity contribution in [3.05, 3.63) is 0 Å². The van der Waals surface area contributed by atoms with Crippen LogP contribution in [0, 0.1) is 17.2 Å². The molecular formula is C8H13NO3. The van der Waals surface area contributed by atoms with Gasteiger partial charge in [0.2, 0.25) is 0 Å². The summed E-state index contributed by atoms with van der Waals surface area (Å²) in [5.74, 6) is -1.22. The summed E-state index contributed by atoms with van der Waals surface area (Å²) in [5.41, 5.74) is 0. The number of esters is 1. The van der Waals surface area contributed by atoms with Crippen LogP contribution in [0.3, 0.4) is 0 Å². The highest BCUT2D eigenvalue weighted by Gasteiger charge is 2.17. The predicted octanol–water partition coefficient (Wildman–Crippen LogP) is 0.462. The largest absolute Gasteiger partial charge is 0.465 e. The molecule has 1 atom stereocenters. The van der Waals surface area contributed by atoms with Crippen LogP contribution in [-0.2, 0) is 9.53 Å². The highest BCUT2D eigenvalue weighted by Crippen LogP contribution is 2.06. The SMILES string of the molecule is CCOC(=O)C(C#N)CCCO. The summed E-state index contributed by atoms with van der Waals surface area (Å²) in [4.78, 5) is 11.0. The van der Waals surface area contributed by atoms with Crippen LogP contribution >= 0.6 is 0 Å². The van der Waals surface area contributed by atoms with Gasteiger partial charge in [-0.15, -0.1) is 0 Å². The normalized spacial score (nSPS) is 11.8. The van der Waals surface area contributed by atoms with Gasteiger partial charge in [0, 0.05) is 6.61 Å². The van der Waals surface area contributed by atoms with Crippen molar-refractivity contribution in [3.63, 3.8) is 0 Å². The van der Waals surface area contributed by atoms with Gasteiger partial charge in [-0.2, -0.15) is 5.26 Å². The Balaban J connectivity index is 3.81. The molecule has 0 bridgehead atoms. The second-order valence-electron chi connectivity index (χ2n) is 2.30. The summed E-state index contributed by atoms with van der Waals surface area (Å²) in [7, 11) is 0. The number of ether oxygens (including phenoxy) is 1. The molecule has 0 saturated carbocycles. The minimum Gasteiger partial charge on any atom is -0.465 e. The minimum absolute atomic E-state index is 0.00240. The Labute approximate surface area is 71.8 Å². The van der Waals surface area contributed by atoms with E-state index in [-0.39, 0.29) is 13.2 Å².